The molecule has 5 N–H and O–H groups in total. The highest BCUT2D eigenvalue weighted by molar-refractivity contribution is 6.03. The van der Waals surface area contributed by atoms with Crippen molar-refractivity contribution in [1.82, 2.24) is 14.9 Å². The molecule has 0 unspecified atom stereocenters. The van der Waals surface area contributed by atoms with Gasteiger partial charge in [-0.05, 0) is 51.0 Å². The van der Waals surface area contributed by atoms with E-state index in [2.05, 4.69) is 22.5 Å². The Bertz CT molecular complexity index is 1280. The molecule has 3 aliphatic carbocycles. The van der Waals surface area contributed by atoms with Crippen molar-refractivity contribution < 1.29 is 14.1 Å². The van der Waals surface area contributed by atoms with Crippen LogP contribution in [0.3, 0.4) is 0 Å². The minimum Gasteiger partial charge on any atom is -0.383 e. The fraction of sp³-hybridized carbons (Fsp3) is 0.440. The average molecular weight is 463 g/mol. The monoisotopic (exact) mass is 462 g/mol. The third kappa shape index (κ3) is 3.55. The second-order valence-electron chi connectivity index (χ2n) is 11.2. The third-order valence-electron chi connectivity index (χ3n) is 7.01. The molecule has 9 nitrogen and oxygen atoms in total. The van der Waals surface area contributed by atoms with Gasteiger partial charge in [-0.15, -0.1) is 0 Å². The molecular formula is C25H30N6O3. The van der Waals surface area contributed by atoms with E-state index in [0.717, 1.165) is 30.5 Å². The number of nitrogens with two attached hydrogens (primary N) is 2. The number of nitrogen functional groups attached to an aromatic ring is 1. The largest absolute Gasteiger partial charge is 0.383 e. The maximum atomic E-state index is 12.5. The number of hydrogen-bond donors (Lipinski definition) is 3. The van der Waals surface area contributed by atoms with Gasteiger partial charge in [-0.1, -0.05) is 36.3 Å². The lowest BCUT2D eigenvalue weighted by Gasteiger charge is -2.68. The fourth-order valence-electron chi connectivity index (χ4n) is 5.69. The lowest BCUT2D eigenvalue weighted by Crippen LogP contribution is -2.62. The molecular weight excluding hydrogens is 432 g/mol. The van der Waals surface area contributed by atoms with Crippen LogP contribution in [0.1, 0.15) is 68.6 Å². The van der Waals surface area contributed by atoms with Gasteiger partial charge in [0.15, 0.2) is 0 Å². The van der Waals surface area contributed by atoms with Crippen molar-refractivity contribution in [2.45, 2.75) is 64.3 Å². The smallest absolute Gasteiger partial charge is 0.254 e. The van der Waals surface area contributed by atoms with E-state index in [-0.39, 0.29) is 29.1 Å². The number of aromatic nitrogens is 3. The molecule has 9 heteroatoms. The summed E-state index contributed by atoms with van der Waals surface area (Å²) in [7, 11) is 0. The fourth-order valence-corrected chi connectivity index (χ4v) is 5.69. The number of amides is 2. The van der Waals surface area contributed by atoms with Crippen molar-refractivity contribution >= 4 is 23.5 Å². The molecule has 3 saturated carbocycles. The number of rotatable bonds is 6. The highest BCUT2D eigenvalue weighted by Crippen LogP contribution is 2.73. The lowest BCUT2D eigenvalue weighted by molar-refractivity contribution is -0.129. The first-order valence-corrected chi connectivity index (χ1v) is 11.4. The number of carbonyl (C=O) groups excluding carboxylic acids is 2. The first kappa shape index (κ1) is 22.2. The Morgan fingerprint density at radius 3 is 2.38 bits per heavy atom. The van der Waals surface area contributed by atoms with E-state index in [9.17, 15) is 9.59 Å². The van der Waals surface area contributed by atoms with Gasteiger partial charge in [0.25, 0.3) is 5.91 Å². The minimum absolute atomic E-state index is 0.157. The minimum atomic E-state index is -0.633. The Labute approximate surface area is 197 Å². The van der Waals surface area contributed by atoms with E-state index in [1.807, 2.05) is 39.0 Å². The van der Waals surface area contributed by atoms with Crippen LogP contribution in [0.15, 0.2) is 34.9 Å². The van der Waals surface area contributed by atoms with Crippen LogP contribution in [0.2, 0.25) is 0 Å². The maximum absolute atomic E-state index is 12.5. The molecule has 2 bridgehead atoms. The first-order chi connectivity index (χ1) is 15.9. The molecule has 3 aromatic rings. The number of primary amides is 1. The zero-order valence-electron chi connectivity index (χ0n) is 19.9. The van der Waals surface area contributed by atoms with Crippen LogP contribution in [0.5, 0.6) is 0 Å². The Balaban J connectivity index is 1.28. The molecule has 0 spiro atoms. The highest BCUT2D eigenvalue weighted by Gasteiger charge is 2.66. The van der Waals surface area contributed by atoms with Gasteiger partial charge in [-0.3, -0.25) is 14.9 Å². The predicted molar refractivity (Wildman–Crippen MR) is 128 cm³/mol. The molecule has 2 amide bonds. The van der Waals surface area contributed by atoms with Crippen molar-refractivity contribution in [2.75, 3.05) is 11.1 Å². The molecule has 0 aliphatic heterocycles. The first-order valence-electron chi connectivity index (χ1n) is 11.4. The SMILES string of the molecule is CC12CC(c3cc(NC(=O)Cc4ccc(-c5nn(C(C)(C)C)c(N)c5C(N)=O)cc4)on3)(C1)C2. The summed E-state index contributed by atoms with van der Waals surface area (Å²) in [4.78, 5) is 24.6. The second kappa shape index (κ2) is 7.19. The summed E-state index contributed by atoms with van der Waals surface area (Å²) in [6.45, 7) is 8.13. The zero-order chi connectivity index (χ0) is 24.5. The zero-order valence-corrected chi connectivity index (χ0v) is 19.9. The Kier molecular flexibility index (Phi) is 4.69. The van der Waals surface area contributed by atoms with Crippen LogP contribution in [0, 0.1) is 5.41 Å². The van der Waals surface area contributed by atoms with Crippen molar-refractivity contribution in [1.29, 1.82) is 0 Å². The van der Waals surface area contributed by atoms with E-state index in [1.54, 1.807) is 16.8 Å². The van der Waals surface area contributed by atoms with Gasteiger partial charge in [0.2, 0.25) is 11.8 Å². The van der Waals surface area contributed by atoms with Crippen molar-refractivity contribution in [3.8, 4) is 11.3 Å². The van der Waals surface area contributed by atoms with Gasteiger partial charge in [-0.2, -0.15) is 5.10 Å². The quantitative estimate of drug-likeness (QED) is 0.511. The third-order valence-corrected chi connectivity index (χ3v) is 7.01. The van der Waals surface area contributed by atoms with Crippen LogP contribution in [-0.2, 0) is 22.2 Å². The molecule has 34 heavy (non-hydrogen) atoms. The summed E-state index contributed by atoms with van der Waals surface area (Å²) in [5, 5.41) is 11.5. The van der Waals surface area contributed by atoms with Crippen LogP contribution >= 0.6 is 0 Å². The van der Waals surface area contributed by atoms with Crippen LogP contribution in [-0.4, -0.2) is 26.8 Å². The molecule has 0 atom stereocenters. The van der Waals surface area contributed by atoms with Gasteiger partial charge < -0.3 is 16.0 Å². The second-order valence-corrected chi connectivity index (χ2v) is 11.2. The molecule has 0 radical (unpaired) electrons. The molecule has 178 valence electrons. The lowest BCUT2D eigenvalue weighted by atomic mass is 9.35. The summed E-state index contributed by atoms with van der Waals surface area (Å²) in [5.41, 5.74) is 15.0. The molecule has 3 fully saturated rings. The predicted octanol–water partition coefficient (Wildman–Crippen LogP) is 3.60. The number of carbonyl (C=O) groups is 2. The highest BCUT2D eigenvalue weighted by atomic mass is 16.5. The number of nitrogens with one attached hydrogen (secondary N) is 1. The molecule has 6 rings (SSSR count). The van der Waals surface area contributed by atoms with E-state index >= 15 is 0 Å². The number of nitrogens with zero attached hydrogens (tertiary/aromatic N) is 3. The average Bonchev–Trinajstić information content (AvgIpc) is 3.29. The van der Waals surface area contributed by atoms with Crippen molar-refractivity contribution in [2.24, 2.45) is 11.1 Å². The van der Waals surface area contributed by atoms with E-state index in [1.165, 1.54) is 0 Å². The number of benzene rings is 1. The number of hydrogen-bond acceptors (Lipinski definition) is 6. The van der Waals surface area contributed by atoms with Crippen molar-refractivity contribution in [3.63, 3.8) is 0 Å². The molecule has 3 aliphatic rings. The normalized spacial score (nSPS) is 23.2. The van der Waals surface area contributed by atoms with Gasteiger partial charge in [0.05, 0.1) is 17.7 Å². The molecule has 2 heterocycles. The van der Waals surface area contributed by atoms with Gasteiger partial charge in [0, 0.05) is 17.0 Å². The maximum Gasteiger partial charge on any atom is 0.254 e. The van der Waals surface area contributed by atoms with E-state index in [0.29, 0.717) is 22.6 Å². The topological polar surface area (TPSA) is 142 Å². The summed E-state index contributed by atoms with van der Waals surface area (Å²) in [5.74, 6) is -0.219. The van der Waals surface area contributed by atoms with Crippen LogP contribution in [0.25, 0.3) is 11.3 Å². The molecule has 1 aromatic carbocycles. The van der Waals surface area contributed by atoms with Gasteiger partial charge in [0.1, 0.15) is 17.1 Å². The number of anilines is 2. The standard InChI is InChI=1S/C25H30N6O3/c1-23(2,3)31-21(26)19(22(27)33)20(29-31)15-7-5-14(6-8-15)9-17(32)28-18-10-16(30-34-18)25-11-24(4,12-25)13-25/h5-8,10H,9,11-13,26H2,1-4H3,(H2,27,33)(H,28,32). The summed E-state index contributed by atoms with van der Waals surface area (Å²) in [6, 6.07) is 9.10. The molecule has 2 aromatic heterocycles. The van der Waals surface area contributed by atoms with Crippen molar-refractivity contribution in [3.05, 3.63) is 47.2 Å². The Morgan fingerprint density at radius 1 is 1.18 bits per heavy atom. The van der Waals surface area contributed by atoms with E-state index in [4.69, 9.17) is 16.0 Å². The summed E-state index contributed by atoms with van der Waals surface area (Å²) in [6.07, 6.45) is 3.59. The van der Waals surface area contributed by atoms with Gasteiger partial charge in [-0.25, -0.2) is 4.68 Å². The summed E-state index contributed by atoms with van der Waals surface area (Å²) < 4.78 is 6.96. The van der Waals surface area contributed by atoms with Crippen LogP contribution < -0.4 is 16.8 Å². The van der Waals surface area contributed by atoms with Gasteiger partial charge >= 0.3 is 0 Å². The van der Waals surface area contributed by atoms with Crippen LogP contribution in [0.4, 0.5) is 11.7 Å². The Morgan fingerprint density at radius 2 is 1.82 bits per heavy atom. The van der Waals surface area contributed by atoms with E-state index < -0.39 is 11.4 Å². The molecule has 0 saturated heterocycles. The Hall–Kier alpha value is -3.62. The summed E-state index contributed by atoms with van der Waals surface area (Å²) >= 11 is 0.